The molecule has 0 N–H and O–H groups in total. The summed E-state index contributed by atoms with van der Waals surface area (Å²) in [4.78, 5) is 14.5. The van der Waals surface area contributed by atoms with E-state index in [9.17, 15) is 4.79 Å². The molecule has 1 saturated heterocycles. The highest BCUT2D eigenvalue weighted by atomic mass is 35.5. The Balaban J connectivity index is 1.72. The van der Waals surface area contributed by atoms with E-state index in [2.05, 4.69) is 0 Å². The van der Waals surface area contributed by atoms with Gasteiger partial charge in [0.25, 0.3) is 5.91 Å². The average Bonchev–Trinajstić information content (AvgIpc) is 2.89. The molecule has 3 rings (SSSR count). The van der Waals surface area contributed by atoms with Gasteiger partial charge in [0, 0.05) is 6.54 Å². The standard InChI is InChI=1S/C19H15Cl2NO2S2/c1-2-22-18(23)17(26-19(22)25)10-12-4-3-5-14(8-12)24-11-13-6-7-15(20)16(21)9-13/h3-10H,2,11H2,1H3/b17-10-. The molecule has 0 spiro atoms. The Bertz CT molecular complexity index is 899. The third-order valence-corrected chi connectivity index (χ3v) is 5.85. The molecular weight excluding hydrogens is 409 g/mol. The van der Waals surface area contributed by atoms with Crippen LogP contribution in [0.2, 0.25) is 10.0 Å². The van der Waals surface area contributed by atoms with Crippen molar-refractivity contribution in [2.75, 3.05) is 6.54 Å². The number of hydrogen-bond donors (Lipinski definition) is 0. The number of rotatable bonds is 5. The van der Waals surface area contributed by atoms with Crippen LogP contribution in [0, 0.1) is 0 Å². The summed E-state index contributed by atoms with van der Waals surface area (Å²) in [5.74, 6) is 0.653. The number of thiocarbonyl (C=S) groups is 1. The first-order valence-corrected chi connectivity index (χ1v) is 9.88. The van der Waals surface area contributed by atoms with Crippen LogP contribution in [-0.2, 0) is 11.4 Å². The van der Waals surface area contributed by atoms with Crippen molar-refractivity contribution in [3.63, 3.8) is 0 Å². The maximum absolute atomic E-state index is 12.3. The molecule has 26 heavy (non-hydrogen) atoms. The van der Waals surface area contributed by atoms with E-state index in [0.717, 1.165) is 11.1 Å². The molecule has 0 saturated carbocycles. The Labute approximate surface area is 171 Å². The van der Waals surface area contributed by atoms with E-state index >= 15 is 0 Å². The molecule has 7 heteroatoms. The van der Waals surface area contributed by atoms with Crippen molar-refractivity contribution in [2.45, 2.75) is 13.5 Å². The first kappa shape index (κ1) is 19.2. The summed E-state index contributed by atoms with van der Waals surface area (Å²) in [6.45, 7) is 2.86. The maximum Gasteiger partial charge on any atom is 0.266 e. The fourth-order valence-electron chi connectivity index (χ4n) is 2.41. The van der Waals surface area contributed by atoms with Crippen LogP contribution in [0.3, 0.4) is 0 Å². The lowest BCUT2D eigenvalue weighted by Gasteiger charge is -2.09. The SMILES string of the molecule is CCN1C(=O)/C(=C/c2cccc(OCc3ccc(Cl)c(Cl)c3)c2)SC1=S. The lowest BCUT2D eigenvalue weighted by atomic mass is 10.2. The average molecular weight is 424 g/mol. The van der Waals surface area contributed by atoms with Crippen molar-refractivity contribution in [1.29, 1.82) is 0 Å². The number of carbonyl (C=O) groups is 1. The van der Waals surface area contributed by atoms with Crippen LogP contribution in [0.15, 0.2) is 47.4 Å². The molecular formula is C19H15Cl2NO2S2. The van der Waals surface area contributed by atoms with Crippen molar-refractivity contribution in [3.05, 3.63) is 68.5 Å². The van der Waals surface area contributed by atoms with Gasteiger partial charge < -0.3 is 4.74 Å². The number of likely N-dealkylation sites (N-methyl/N-ethyl adjacent to an activating group) is 1. The van der Waals surface area contributed by atoms with E-state index in [1.54, 1.807) is 17.0 Å². The zero-order chi connectivity index (χ0) is 18.7. The third-order valence-electron chi connectivity index (χ3n) is 3.74. The van der Waals surface area contributed by atoms with Crippen molar-refractivity contribution in [1.82, 2.24) is 4.90 Å². The molecule has 3 nitrogen and oxygen atoms in total. The number of halogens is 2. The van der Waals surface area contributed by atoms with E-state index in [-0.39, 0.29) is 5.91 Å². The minimum Gasteiger partial charge on any atom is -0.489 e. The summed E-state index contributed by atoms with van der Waals surface area (Å²) in [5, 5.41) is 1.02. The van der Waals surface area contributed by atoms with Crippen LogP contribution in [0.1, 0.15) is 18.1 Å². The molecule has 1 aliphatic heterocycles. The number of benzene rings is 2. The van der Waals surface area contributed by atoms with Gasteiger partial charge in [-0.2, -0.15) is 0 Å². The first-order valence-electron chi connectivity index (χ1n) is 7.90. The second-order valence-electron chi connectivity index (χ2n) is 5.54. The Morgan fingerprint density at radius 3 is 2.69 bits per heavy atom. The highest BCUT2D eigenvalue weighted by Gasteiger charge is 2.30. The Morgan fingerprint density at radius 1 is 1.19 bits per heavy atom. The van der Waals surface area contributed by atoms with Crippen molar-refractivity contribution in [2.24, 2.45) is 0 Å². The van der Waals surface area contributed by atoms with Gasteiger partial charge in [0.05, 0.1) is 15.0 Å². The van der Waals surface area contributed by atoms with Crippen LogP contribution in [-0.4, -0.2) is 21.7 Å². The normalized spacial score (nSPS) is 15.8. The van der Waals surface area contributed by atoms with Crippen LogP contribution in [0.5, 0.6) is 5.75 Å². The molecule has 0 atom stereocenters. The van der Waals surface area contributed by atoms with Gasteiger partial charge in [0.1, 0.15) is 16.7 Å². The lowest BCUT2D eigenvalue weighted by Crippen LogP contribution is -2.27. The zero-order valence-corrected chi connectivity index (χ0v) is 17.0. The van der Waals surface area contributed by atoms with Gasteiger partial charge in [-0.05, 0) is 48.4 Å². The minimum absolute atomic E-state index is 0.0513. The minimum atomic E-state index is -0.0513. The van der Waals surface area contributed by atoms with Gasteiger partial charge in [-0.25, -0.2) is 0 Å². The molecule has 1 heterocycles. The van der Waals surface area contributed by atoms with E-state index in [1.807, 2.05) is 43.3 Å². The fourth-order valence-corrected chi connectivity index (χ4v) is 4.12. The van der Waals surface area contributed by atoms with E-state index in [4.69, 9.17) is 40.2 Å². The first-order chi connectivity index (χ1) is 12.5. The predicted molar refractivity (Wildman–Crippen MR) is 113 cm³/mol. The zero-order valence-electron chi connectivity index (χ0n) is 13.9. The van der Waals surface area contributed by atoms with Crippen molar-refractivity contribution < 1.29 is 9.53 Å². The van der Waals surface area contributed by atoms with Gasteiger partial charge in [-0.3, -0.25) is 9.69 Å². The molecule has 1 fully saturated rings. The summed E-state index contributed by atoms with van der Waals surface area (Å²) in [6.07, 6.45) is 1.83. The number of hydrogen-bond acceptors (Lipinski definition) is 4. The van der Waals surface area contributed by atoms with Gasteiger partial charge in [-0.15, -0.1) is 0 Å². The summed E-state index contributed by atoms with van der Waals surface area (Å²) in [5.41, 5.74) is 1.81. The molecule has 1 aliphatic rings. The number of nitrogens with zero attached hydrogens (tertiary/aromatic N) is 1. The van der Waals surface area contributed by atoms with E-state index in [0.29, 0.717) is 38.2 Å². The van der Waals surface area contributed by atoms with Crippen LogP contribution >= 0.6 is 47.2 Å². The largest absolute Gasteiger partial charge is 0.489 e. The number of carbonyl (C=O) groups excluding carboxylic acids is 1. The molecule has 134 valence electrons. The molecule has 0 aliphatic carbocycles. The Morgan fingerprint density at radius 2 is 2.00 bits per heavy atom. The highest BCUT2D eigenvalue weighted by Crippen LogP contribution is 2.32. The number of thioether (sulfide) groups is 1. The Hall–Kier alpha value is -1.53. The molecule has 1 amide bonds. The quantitative estimate of drug-likeness (QED) is 0.449. The molecule has 2 aromatic carbocycles. The summed E-state index contributed by atoms with van der Waals surface area (Å²) < 4.78 is 6.42. The second-order valence-corrected chi connectivity index (χ2v) is 8.03. The van der Waals surface area contributed by atoms with E-state index in [1.165, 1.54) is 11.8 Å². The summed E-state index contributed by atoms with van der Waals surface area (Å²) in [7, 11) is 0. The number of amides is 1. The lowest BCUT2D eigenvalue weighted by molar-refractivity contribution is -0.121. The fraction of sp³-hybridized carbons (Fsp3) is 0.158. The number of ether oxygens (including phenoxy) is 1. The van der Waals surface area contributed by atoms with E-state index < -0.39 is 0 Å². The smallest absolute Gasteiger partial charge is 0.266 e. The topological polar surface area (TPSA) is 29.5 Å². The third kappa shape index (κ3) is 4.41. The molecule has 0 aromatic heterocycles. The van der Waals surface area contributed by atoms with Gasteiger partial charge in [0.15, 0.2) is 0 Å². The van der Waals surface area contributed by atoms with Gasteiger partial charge in [0.2, 0.25) is 0 Å². The molecule has 0 bridgehead atoms. The Kier molecular flexibility index (Phi) is 6.24. The molecule has 0 unspecified atom stereocenters. The van der Waals surface area contributed by atoms with Crippen LogP contribution in [0.25, 0.3) is 6.08 Å². The van der Waals surface area contributed by atoms with Crippen molar-refractivity contribution >= 4 is 63.5 Å². The molecule has 2 aromatic rings. The van der Waals surface area contributed by atoms with Gasteiger partial charge in [-0.1, -0.05) is 65.4 Å². The predicted octanol–water partition coefficient (Wildman–Crippen LogP) is 5.79. The van der Waals surface area contributed by atoms with Crippen LogP contribution in [0.4, 0.5) is 0 Å². The second kappa shape index (κ2) is 8.44. The summed E-state index contributed by atoms with van der Waals surface area (Å²) in [6, 6.07) is 13.0. The van der Waals surface area contributed by atoms with Crippen LogP contribution < -0.4 is 4.74 Å². The monoisotopic (exact) mass is 423 g/mol. The highest BCUT2D eigenvalue weighted by molar-refractivity contribution is 8.26. The van der Waals surface area contributed by atoms with Crippen molar-refractivity contribution in [3.8, 4) is 5.75 Å². The maximum atomic E-state index is 12.3. The summed E-state index contributed by atoms with van der Waals surface area (Å²) >= 11 is 18.5. The van der Waals surface area contributed by atoms with Gasteiger partial charge >= 0.3 is 0 Å². The molecule has 0 radical (unpaired) electrons.